The second-order valence-electron chi connectivity index (χ2n) is 4.45. The first-order chi connectivity index (χ1) is 9.65. The van der Waals surface area contributed by atoms with E-state index in [9.17, 15) is 4.39 Å². The Balaban J connectivity index is 0.000000364. The first kappa shape index (κ1) is 20.6. The van der Waals surface area contributed by atoms with Gasteiger partial charge in [-0.25, -0.2) is 10.5 Å². The summed E-state index contributed by atoms with van der Waals surface area (Å²) in [6.07, 6.45) is 4.52. The quantitative estimate of drug-likeness (QED) is 0.427. The van der Waals surface area contributed by atoms with Crippen molar-refractivity contribution in [3.63, 3.8) is 0 Å². The van der Waals surface area contributed by atoms with Crippen molar-refractivity contribution in [3.05, 3.63) is 43.2 Å². The monoisotopic (exact) mass is 288 g/mol. The molecule has 0 spiro atoms. The molecule has 0 saturated carbocycles. The van der Waals surface area contributed by atoms with E-state index in [-0.39, 0.29) is 24.5 Å². The predicted molar refractivity (Wildman–Crippen MR) is 75.2 cm³/mol. The van der Waals surface area contributed by atoms with Gasteiger partial charge in [0.2, 0.25) is 0 Å². The molecule has 1 atom stereocenters. The molecule has 0 radical (unpaired) electrons. The number of nitrogens with zero attached hydrogens (tertiary/aromatic N) is 1. The van der Waals surface area contributed by atoms with Gasteiger partial charge in [0.25, 0.3) is 0 Å². The Morgan fingerprint density at radius 1 is 1.67 bits per heavy atom. The number of ether oxygens (including phenoxy) is 2. The summed E-state index contributed by atoms with van der Waals surface area (Å²) < 4.78 is 22.8. The molecule has 2 rings (SSSR count). The van der Waals surface area contributed by atoms with E-state index in [0.29, 0.717) is 19.8 Å². The molecule has 0 amide bonds. The molecule has 1 N–H and O–H groups in total. The van der Waals surface area contributed by atoms with Gasteiger partial charge in [0.1, 0.15) is 5.95 Å². The van der Waals surface area contributed by atoms with Crippen molar-refractivity contribution in [1.29, 1.82) is 0 Å². The molecular weight excluding hydrogens is 266 g/mol. The molecule has 0 bridgehead atoms. The molecule has 6 heteroatoms. The van der Waals surface area contributed by atoms with Gasteiger partial charge >= 0.3 is 18.9 Å². The van der Waals surface area contributed by atoms with E-state index < -0.39 is 5.95 Å². The fourth-order valence-electron chi connectivity index (χ4n) is 1.86. The number of aromatic nitrogens is 1. The van der Waals surface area contributed by atoms with Crippen LogP contribution in [0.5, 0.6) is 0 Å². The standard InChI is InChI=1S/C8H14O2.C7H8FN2.Li/c1-3-8(10-4-2)5-6-9-7-8;1-9-4-6-2-3-7(8)10-5-6;/h3H,2,4-7H2,1H3;2,5,9H,4H2,1H3;/q-2;-1;+1. The second kappa shape index (κ2) is 11.2. The van der Waals surface area contributed by atoms with Gasteiger partial charge in [-0.3, -0.25) is 11.4 Å². The van der Waals surface area contributed by atoms with Crippen LogP contribution in [0.2, 0.25) is 0 Å². The van der Waals surface area contributed by atoms with Gasteiger partial charge in [0.05, 0.1) is 0 Å². The van der Waals surface area contributed by atoms with Crippen LogP contribution in [0.25, 0.3) is 0 Å². The summed E-state index contributed by atoms with van der Waals surface area (Å²) in [5, 5.41) is 2.92. The third-order valence-corrected chi connectivity index (χ3v) is 3.03. The molecule has 0 aromatic carbocycles. The Morgan fingerprint density at radius 2 is 2.43 bits per heavy atom. The smallest absolute Gasteiger partial charge is 0.436 e. The van der Waals surface area contributed by atoms with Crippen molar-refractivity contribution in [2.24, 2.45) is 0 Å². The molecule has 1 fully saturated rings. The van der Waals surface area contributed by atoms with Crippen molar-refractivity contribution >= 4 is 0 Å². The minimum absolute atomic E-state index is 0. The Labute approximate surface area is 139 Å². The molecule has 1 unspecified atom stereocenters. The number of nitrogens with one attached hydrogen (secondary N) is 1. The Morgan fingerprint density at radius 3 is 2.86 bits per heavy atom. The maximum atomic E-state index is 12.1. The molecule has 2 heterocycles. The van der Waals surface area contributed by atoms with E-state index in [1.165, 1.54) is 6.20 Å². The number of rotatable bonds is 5. The van der Waals surface area contributed by atoms with Gasteiger partial charge in [-0.05, 0) is 31.8 Å². The van der Waals surface area contributed by atoms with Gasteiger partial charge in [0.15, 0.2) is 0 Å². The van der Waals surface area contributed by atoms with Gasteiger partial charge in [-0.15, -0.1) is 0 Å². The van der Waals surface area contributed by atoms with Crippen LogP contribution in [-0.2, 0) is 16.0 Å². The normalized spacial score (nSPS) is 20.4. The van der Waals surface area contributed by atoms with Crippen molar-refractivity contribution < 1.29 is 32.7 Å². The summed E-state index contributed by atoms with van der Waals surface area (Å²) in [6, 6.07) is 3.95. The summed E-state index contributed by atoms with van der Waals surface area (Å²) in [5.74, 6) is -0.556. The maximum Gasteiger partial charge on any atom is 1.00 e. The van der Waals surface area contributed by atoms with Crippen LogP contribution >= 0.6 is 0 Å². The van der Waals surface area contributed by atoms with Gasteiger partial charge < -0.3 is 21.7 Å². The van der Waals surface area contributed by atoms with Crippen LogP contribution in [0, 0.1) is 25.4 Å². The minimum Gasteiger partial charge on any atom is -0.436 e. The summed E-state index contributed by atoms with van der Waals surface area (Å²) in [6.45, 7) is 8.37. The van der Waals surface area contributed by atoms with Gasteiger partial charge in [0, 0.05) is 13.2 Å². The topological polar surface area (TPSA) is 43.4 Å². The van der Waals surface area contributed by atoms with Gasteiger partial charge in [-0.2, -0.15) is 18.6 Å². The molecule has 1 aliphatic rings. The van der Waals surface area contributed by atoms with Crippen LogP contribution < -0.4 is 24.2 Å². The average molecular weight is 288 g/mol. The van der Waals surface area contributed by atoms with E-state index >= 15 is 0 Å². The van der Waals surface area contributed by atoms with Crippen LogP contribution in [0.15, 0.2) is 12.3 Å². The summed E-state index contributed by atoms with van der Waals surface area (Å²) in [4.78, 5) is 3.44. The van der Waals surface area contributed by atoms with E-state index in [1.807, 2.05) is 14.0 Å². The first-order valence-corrected chi connectivity index (χ1v) is 6.64. The number of hydrogen-bond donors (Lipinski definition) is 1. The average Bonchev–Trinajstić information content (AvgIpc) is 2.92. The van der Waals surface area contributed by atoms with E-state index in [2.05, 4.69) is 29.7 Å². The molecule has 1 saturated heterocycles. The zero-order chi connectivity index (χ0) is 14.8. The summed E-state index contributed by atoms with van der Waals surface area (Å²) in [7, 11) is 1.82. The number of pyridine rings is 1. The molecule has 0 aliphatic carbocycles. The third-order valence-electron chi connectivity index (χ3n) is 3.03. The SMILES string of the molecule is CNCc1c[c-]c(F)nc1.[CH2-]COC1([CH-]C)CCOC1.[Li+]. The largest absolute Gasteiger partial charge is 1.00 e. The molecular formula is C15H22FLiN2O2-2. The zero-order valence-corrected chi connectivity index (χ0v) is 13.1. The Hall–Kier alpha value is -0.443. The maximum absolute atomic E-state index is 12.1. The first-order valence-electron chi connectivity index (χ1n) is 6.64. The zero-order valence-electron chi connectivity index (χ0n) is 13.1. The summed E-state index contributed by atoms with van der Waals surface area (Å²) >= 11 is 0. The molecule has 114 valence electrons. The molecule has 1 aromatic heterocycles. The predicted octanol–water partition coefficient (Wildman–Crippen LogP) is -1.04. The minimum atomic E-state index is -0.556. The summed E-state index contributed by atoms with van der Waals surface area (Å²) in [5.41, 5.74) is 0.811. The van der Waals surface area contributed by atoms with Gasteiger partial charge in [-0.1, -0.05) is 6.61 Å². The third kappa shape index (κ3) is 7.39. The fourth-order valence-corrected chi connectivity index (χ4v) is 1.86. The van der Waals surface area contributed by atoms with Crippen LogP contribution in [0.1, 0.15) is 18.9 Å². The van der Waals surface area contributed by atoms with Crippen LogP contribution in [0.4, 0.5) is 4.39 Å². The number of halogens is 1. The van der Waals surface area contributed by atoms with Crippen molar-refractivity contribution in [1.82, 2.24) is 10.3 Å². The van der Waals surface area contributed by atoms with Crippen molar-refractivity contribution in [2.75, 3.05) is 26.9 Å². The number of hydrogen-bond acceptors (Lipinski definition) is 4. The second-order valence-corrected chi connectivity index (χ2v) is 4.45. The molecule has 1 aromatic rings. The van der Waals surface area contributed by atoms with Crippen LogP contribution in [0.3, 0.4) is 0 Å². The van der Waals surface area contributed by atoms with Crippen LogP contribution in [-0.4, -0.2) is 37.5 Å². The van der Waals surface area contributed by atoms with Crippen molar-refractivity contribution in [2.45, 2.75) is 25.5 Å². The van der Waals surface area contributed by atoms with E-state index in [4.69, 9.17) is 9.47 Å². The Kier molecular flexibility index (Phi) is 10.9. The molecule has 1 aliphatic heterocycles. The molecule has 4 nitrogen and oxygen atoms in total. The van der Waals surface area contributed by atoms with E-state index in [0.717, 1.165) is 18.6 Å². The fraction of sp³-hybridized carbons (Fsp3) is 0.533. The Bertz CT molecular complexity index is 370. The van der Waals surface area contributed by atoms with Crippen molar-refractivity contribution in [3.8, 4) is 0 Å². The molecule has 21 heavy (non-hydrogen) atoms. The van der Waals surface area contributed by atoms with E-state index in [1.54, 1.807) is 6.07 Å².